The van der Waals surface area contributed by atoms with Crippen LogP contribution in [-0.2, 0) is 28.8 Å². The molecular weight excluding hydrogens is 1350 g/mol. The molecule has 0 spiro atoms. The van der Waals surface area contributed by atoms with Crippen molar-refractivity contribution in [2.75, 3.05) is 55.4 Å². The highest BCUT2D eigenvalue weighted by Crippen LogP contribution is 2.36. The van der Waals surface area contributed by atoms with Gasteiger partial charge in [0.25, 0.3) is 17.7 Å². The van der Waals surface area contributed by atoms with Gasteiger partial charge in [-0.05, 0) is 222 Å². The second-order valence-electron chi connectivity index (χ2n) is 25.0. The smallest absolute Gasteiger partial charge is 0.263 e. The molecule has 3 saturated carbocycles. The third-order valence-electron chi connectivity index (χ3n) is 17.7. The minimum Gasteiger partial charge on any atom is -0.486 e. The summed E-state index contributed by atoms with van der Waals surface area (Å²) in [5.41, 5.74) is 2.39. The van der Waals surface area contributed by atoms with Crippen LogP contribution in [0, 0.1) is 17.8 Å². The largest absolute Gasteiger partial charge is 0.486 e. The second-order valence-corrected chi connectivity index (χ2v) is 27.6. The summed E-state index contributed by atoms with van der Waals surface area (Å²) in [7, 11) is 0. The Morgan fingerprint density at radius 2 is 0.583 bits per heavy atom. The van der Waals surface area contributed by atoms with Gasteiger partial charge >= 0.3 is 0 Å². The van der Waals surface area contributed by atoms with Gasteiger partial charge in [-0.3, -0.25) is 28.8 Å². The topological polar surface area (TPSA) is 230 Å². The van der Waals surface area contributed by atoms with Crippen LogP contribution in [-0.4, -0.2) is 111 Å². The molecule has 0 aromatic heterocycles. The Morgan fingerprint density at radius 3 is 0.833 bits per heavy atom. The minimum atomic E-state index is -0.576. The van der Waals surface area contributed by atoms with Gasteiger partial charge < -0.3 is 60.3 Å². The fourth-order valence-corrected chi connectivity index (χ4v) is 13.4. The van der Waals surface area contributed by atoms with Crippen LogP contribution in [0.3, 0.4) is 0 Å². The summed E-state index contributed by atoms with van der Waals surface area (Å²) in [6.07, 6.45) is 10.3. The summed E-state index contributed by atoms with van der Waals surface area (Å²) in [4.78, 5) is 74.8. The fraction of sp³-hybridized carbons (Fsp3) is 0.417. The van der Waals surface area contributed by atoms with Crippen molar-refractivity contribution in [3.63, 3.8) is 0 Å². The van der Waals surface area contributed by atoms with E-state index in [1.165, 1.54) is 0 Å². The second kappa shape index (κ2) is 35.3. The summed E-state index contributed by atoms with van der Waals surface area (Å²) in [5.74, 6) is 4.70. The highest BCUT2D eigenvalue weighted by atomic mass is 35.5. The molecule has 0 saturated heterocycles. The first-order chi connectivity index (χ1) is 46.4. The van der Waals surface area contributed by atoms with E-state index in [-0.39, 0.29) is 73.0 Å². The highest BCUT2D eigenvalue weighted by molar-refractivity contribution is 6.32. The molecule has 24 heteroatoms. The van der Waals surface area contributed by atoms with Gasteiger partial charge in [-0.25, -0.2) is 0 Å². The van der Waals surface area contributed by atoms with Crippen molar-refractivity contribution in [1.29, 1.82) is 0 Å². The number of amides is 3. The predicted molar refractivity (Wildman–Crippen MR) is 374 cm³/mol. The Hall–Kier alpha value is -7.32. The van der Waals surface area contributed by atoms with Crippen molar-refractivity contribution in [3.05, 3.63) is 158 Å². The number of ether oxygens (including phenoxy) is 6. The summed E-state index contributed by atoms with van der Waals surface area (Å²) < 4.78 is 34.1. The SMILES string of the molecule is O=C(COc1ccc(Cl)cc1)CC1CCC(NC(=O)C2CNc3cc(Cl)ccc3O2)CC1.O=C(COc1ccc(Cl)cc1)CC1CCC(NC(=O)[C@@H]2CNc3cc(Cl)ccc3O2)CC1.O=C(COc1ccc(Cl)cc1)CC1CCC(NC(=O)[C@H]2CNc3cc(Cl)ccc3O2)CC1. The Labute approximate surface area is 589 Å². The van der Waals surface area contributed by atoms with Gasteiger partial charge in [-0.2, -0.15) is 0 Å². The van der Waals surface area contributed by atoms with E-state index in [2.05, 4.69) is 31.9 Å². The lowest BCUT2D eigenvalue weighted by molar-refractivity contribution is -0.129. The van der Waals surface area contributed by atoms with Crippen LogP contribution in [0.5, 0.6) is 34.5 Å². The first-order valence-corrected chi connectivity index (χ1v) is 34.9. The lowest BCUT2D eigenvalue weighted by atomic mass is 9.83. The molecule has 6 aromatic rings. The molecule has 6 aromatic carbocycles. The number of carbonyl (C=O) groups is 6. The molecule has 3 heterocycles. The van der Waals surface area contributed by atoms with E-state index in [0.29, 0.717) is 121 Å². The van der Waals surface area contributed by atoms with Gasteiger partial charge in [-0.15, -0.1) is 0 Å². The number of carbonyl (C=O) groups excluding carboxylic acids is 6. The van der Waals surface area contributed by atoms with Gasteiger partial charge in [0, 0.05) is 67.5 Å². The van der Waals surface area contributed by atoms with Crippen molar-refractivity contribution in [1.82, 2.24) is 16.0 Å². The lowest BCUT2D eigenvalue weighted by Gasteiger charge is -2.31. The monoisotopic (exact) mass is 1430 g/mol. The number of anilines is 3. The number of hydrogen-bond acceptors (Lipinski definition) is 15. The quantitative estimate of drug-likeness (QED) is 0.0394. The molecule has 6 aliphatic rings. The van der Waals surface area contributed by atoms with Crippen molar-refractivity contribution in [2.45, 2.75) is 133 Å². The Balaban J connectivity index is 0.000000157. The number of hydrogen-bond donors (Lipinski definition) is 6. The van der Waals surface area contributed by atoms with Crippen LogP contribution in [0.1, 0.15) is 96.3 Å². The predicted octanol–water partition coefficient (Wildman–Crippen LogP) is 14.6. The Bertz CT molecular complexity index is 3250. The number of ketones is 3. The van der Waals surface area contributed by atoms with E-state index in [0.717, 1.165) is 94.1 Å². The first-order valence-electron chi connectivity index (χ1n) is 32.6. The zero-order valence-corrected chi connectivity index (χ0v) is 57.4. The molecule has 3 aliphatic heterocycles. The van der Waals surface area contributed by atoms with Crippen molar-refractivity contribution in [2.24, 2.45) is 17.8 Å². The Morgan fingerprint density at radius 1 is 0.344 bits per heavy atom. The molecular formula is C72H78Cl6N6O12. The molecule has 3 aliphatic carbocycles. The van der Waals surface area contributed by atoms with E-state index in [1.807, 2.05) is 0 Å². The molecule has 6 N–H and O–H groups in total. The summed E-state index contributed by atoms with van der Waals surface area (Å²) in [6.45, 7) is 1.40. The van der Waals surface area contributed by atoms with Crippen LogP contribution < -0.4 is 60.3 Å². The number of Topliss-reactive ketones (excluding diaryl/α,β-unsaturated/α-hetero) is 3. The van der Waals surface area contributed by atoms with Gasteiger partial charge in [0.15, 0.2) is 35.7 Å². The number of halogens is 6. The maximum Gasteiger partial charge on any atom is 0.263 e. The van der Waals surface area contributed by atoms with Crippen LogP contribution >= 0.6 is 69.6 Å². The average Bonchev–Trinajstić information content (AvgIpc) is 0.882. The maximum absolute atomic E-state index is 12.7. The van der Waals surface area contributed by atoms with Crippen molar-refractivity contribution in [3.8, 4) is 34.5 Å². The van der Waals surface area contributed by atoms with Gasteiger partial charge in [0.05, 0.1) is 36.7 Å². The van der Waals surface area contributed by atoms with E-state index in [4.69, 9.17) is 98.0 Å². The van der Waals surface area contributed by atoms with E-state index < -0.39 is 18.3 Å². The number of benzene rings is 6. The standard InChI is InChI=1S/3C24H26Cl2N2O4/c3*25-16-3-8-20(9-4-16)31-14-19(29)11-15-1-6-18(7-2-15)28-24(30)23-13-27-21-12-17(26)5-10-22(21)32-23/h3*3-5,8-10,12,15,18,23,27H,1-2,6-7,11,13-14H2,(H,28,30)/t2*15?,18?,23-;/m10./s1. The molecule has 3 fully saturated rings. The van der Waals surface area contributed by atoms with Gasteiger partial charge in [0.2, 0.25) is 0 Å². The zero-order valence-electron chi connectivity index (χ0n) is 52.8. The van der Waals surface area contributed by atoms with Crippen LogP contribution in [0.25, 0.3) is 0 Å². The third-order valence-corrected chi connectivity index (χ3v) is 19.2. The van der Waals surface area contributed by atoms with Crippen LogP contribution in [0.2, 0.25) is 30.1 Å². The maximum atomic E-state index is 12.7. The normalized spacial score (nSPS) is 22.1. The summed E-state index contributed by atoms with van der Waals surface area (Å²) >= 11 is 35.5. The average molecular weight is 1430 g/mol. The molecule has 0 bridgehead atoms. The molecule has 3 atom stereocenters. The molecule has 18 nitrogen and oxygen atoms in total. The Kier molecular flexibility index (Phi) is 26.2. The zero-order chi connectivity index (χ0) is 67.5. The molecule has 510 valence electrons. The number of fused-ring (bicyclic) bond motifs is 3. The van der Waals surface area contributed by atoms with Crippen LogP contribution in [0.15, 0.2) is 127 Å². The first kappa shape index (κ1) is 71.5. The lowest BCUT2D eigenvalue weighted by Crippen LogP contribution is -2.49. The van der Waals surface area contributed by atoms with Crippen molar-refractivity contribution < 1.29 is 57.2 Å². The molecule has 1 unspecified atom stereocenters. The fourth-order valence-electron chi connectivity index (χ4n) is 12.5. The number of rotatable bonds is 21. The molecule has 12 rings (SSSR count). The third kappa shape index (κ3) is 22.1. The number of nitrogens with one attached hydrogen (secondary N) is 6. The molecule has 3 amide bonds. The molecule has 0 radical (unpaired) electrons. The van der Waals surface area contributed by atoms with Crippen molar-refractivity contribution >= 4 is 122 Å². The minimum absolute atomic E-state index is 0.0665. The molecule has 96 heavy (non-hydrogen) atoms. The highest BCUT2D eigenvalue weighted by Gasteiger charge is 2.34. The van der Waals surface area contributed by atoms with Gasteiger partial charge in [0.1, 0.15) is 54.3 Å². The van der Waals surface area contributed by atoms with E-state index in [1.54, 1.807) is 127 Å². The van der Waals surface area contributed by atoms with E-state index >= 15 is 0 Å². The summed E-state index contributed by atoms with van der Waals surface area (Å²) in [5, 5.41) is 22.7. The van der Waals surface area contributed by atoms with Crippen LogP contribution in [0.4, 0.5) is 17.1 Å². The summed E-state index contributed by atoms with van der Waals surface area (Å²) in [6, 6.07) is 37.1. The van der Waals surface area contributed by atoms with Gasteiger partial charge in [-0.1, -0.05) is 69.6 Å². The van der Waals surface area contributed by atoms with E-state index in [9.17, 15) is 28.8 Å².